The second kappa shape index (κ2) is 8.97. The van der Waals surface area contributed by atoms with Crippen LogP contribution in [0.5, 0.6) is 5.75 Å². The average molecular weight is 294 g/mol. The summed E-state index contributed by atoms with van der Waals surface area (Å²) >= 11 is 0. The van der Waals surface area contributed by atoms with Crippen molar-refractivity contribution in [3.63, 3.8) is 0 Å². The van der Waals surface area contributed by atoms with Crippen molar-refractivity contribution in [2.75, 3.05) is 27.3 Å². The third-order valence-corrected chi connectivity index (χ3v) is 2.96. The minimum atomic E-state index is -0.529. The molecule has 0 saturated heterocycles. The van der Waals surface area contributed by atoms with Gasteiger partial charge in [0.25, 0.3) is 0 Å². The first kappa shape index (κ1) is 17.0. The molecule has 1 rings (SSSR count). The van der Waals surface area contributed by atoms with Crippen molar-refractivity contribution in [3.8, 4) is 5.75 Å². The molecule has 0 spiro atoms. The first-order valence-electron chi connectivity index (χ1n) is 6.78. The van der Waals surface area contributed by atoms with Crippen molar-refractivity contribution in [3.05, 3.63) is 29.8 Å². The smallest absolute Gasteiger partial charge is 0.327 e. The first-order chi connectivity index (χ1) is 10.1. The van der Waals surface area contributed by atoms with Gasteiger partial charge in [0.2, 0.25) is 5.91 Å². The van der Waals surface area contributed by atoms with E-state index in [1.807, 2.05) is 12.1 Å². The van der Waals surface area contributed by atoms with E-state index in [-0.39, 0.29) is 11.9 Å². The molecule has 1 aromatic carbocycles. The lowest BCUT2D eigenvalue weighted by atomic mass is 10.1. The lowest BCUT2D eigenvalue weighted by molar-refractivity contribution is -0.143. The molecule has 1 atom stereocenters. The molecule has 2 N–H and O–H groups in total. The normalized spacial score (nSPS) is 11.6. The van der Waals surface area contributed by atoms with Gasteiger partial charge in [0.05, 0.1) is 14.2 Å². The van der Waals surface area contributed by atoms with E-state index in [1.54, 1.807) is 19.2 Å². The molecule has 0 radical (unpaired) electrons. The molecular formula is C15H22N2O4. The van der Waals surface area contributed by atoms with E-state index in [0.717, 1.165) is 17.7 Å². The number of carbonyl (C=O) groups is 2. The van der Waals surface area contributed by atoms with Crippen LogP contribution in [0, 0.1) is 0 Å². The second-order valence-electron chi connectivity index (χ2n) is 4.52. The number of nitrogens with one attached hydrogen (secondary N) is 2. The topological polar surface area (TPSA) is 76.7 Å². The highest BCUT2D eigenvalue weighted by Gasteiger charge is 2.20. The molecule has 0 aromatic heterocycles. The third-order valence-electron chi connectivity index (χ3n) is 2.96. The van der Waals surface area contributed by atoms with E-state index in [4.69, 9.17) is 9.47 Å². The van der Waals surface area contributed by atoms with Gasteiger partial charge in [-0.3, -0.25) is 4.79 Å². The van der Waals surface area contributed by atoms with Crippen molar-refractivity contribution in [1.29, 1.82) is 0 Å². The maximum atomic E-state index is 11.9. The fraction of sp³-hybridized carbons (Fsp3) is 0.467. The number of esters is 1. The zero-order chi connectivity index (χ0) is 15.7. The summed E-state index contributed by atoms with van der Waals surface area (Å²) in [4.78, 5) is 22.6. The highest BCUT2D eigenvalue weighted by atomic mass is 16.5. The molecule has 1 unspecified atom stereocenters. The van der Waals surface area contributed by atoms with E-state index in [1.165, 1.54) is 14.0 Å². The van der Waals surface area contributed by atoms with Gasteiger partial charge >= 0.3 is 5.97 Å². The van der Waals surface area contributed by atoms with E-state index >= 15 is 0 Å². The minimum Gasteiger partial charge on any atom is -0.497 e. The lowest BCUT2D eigenvalue weighted by Gasteiger charge is -2.17. The van der Waals surface area contributed by atoms with Crippen molar-refractivity contribution < 1.29 is 19.1 Å². The van der Waals surface area contributed by atoms with Crippen LogP contribution in [0.1, 0.15) is 24.9 Å². The highest BCUT2D eigenvalue weighted by molar-refractivity contribution is 5.77. The van der Waals surface area contributed by atoms with E-state index < -0.39 is 6.04 Å². The predicted molar refractivity (Wildman–Crippen MR) is 79.1 cm³/mol. The Morgan fingerprint density at radius 2 is 1.81 bits per heavy atom. The van der Waals surface area contributed by atoms with Crippen LogP contribution in [-0.4, -0.2) is 39.2 Å². The summed E-state index contributed by atoms with van der Waals surface area (Å²) in [6, 6.07) is 6.70. The predicted octanol–water partition coefficient (Wildman–Crippen LogP) is 1.03. The number of ether oxygens (including phenoxy) is 2. The van der Waals surface area contributed by atoms with Crippen LogP contribution in [0.3, 0.4) is 0 Å². The first-order valence-corrected chi connectivity index (χ1v) is 6.78. The number of rotatable bonds is 8. The Hall–Kier alpha value is -2.08. The van der Waals surface area contributed by atoms with Gasteiger partial charge in [0.1, 0.15) is 11.8 Å². The molecule has 0 aliphatic rings. The van der Waals surface area contributed by atoms with Crippen LogP contribution in [0.4, 0.5) is 0 Å². The molecule has 1 aromatic rings. The Bertz CT molecular complexity index is 459. The van der Waals surface area contributed by atoms with Crippen molar-refractivity contribution in [2.45, 2.75) is 19.4 Å². The molecule has 0 bridgehead atoms. The number of carbonyl (C=O) groups excluding carboxylic acids is 2. The number of benzene rings is 1. The summed E-state index contributed by atoms with van der Waals surface area (Å²) in [7, 11) is 2.95. The maximum Gasteiger partial charge on any atom is 0.327 e. The van der Waals surface area contributed by atoms with Gasteiger partial charge in [-0.05, 0) is 30.7 Å². The molecule has 0 aliphatic carbocycles. The molecule has 0 fully saturated rings. The van der Waals surface area contributed by atoms with Crippen molar-refractivity contribution in [1.82, 2.24) is 10.6 Å². The molecule has 0 heterocycles. The standard InChI is InChI=1S/C15H22N2O4/c1-11(18)16-9-4-10-17-14(15(19)21-3)12-5-7-13(20-2)8-6-12/h5-8,14,17H,4,9-10H2,1-3H3,(H,16,18). The quantitative estimate of drug-likeness (QED) is 0.553. The highest BCUT2D eigenvalue weighted by Crippen LogP contribution is 2.18. The van der Waals surface area contributed by atoms with Gasteiger partial charge in [-0.25, -0.2) is 4.79 Å². The Morgan fingerprint density at radius 1 is 1.14 bits per heavy atom. The zero-order valence-electron chi connectivity index (χ0n) is 12.6. The van der Waals surface area contributed by atoms with Crippen LogP contribution in [0.2, 0.25) is 0 Å². The Morgan fingerprint density at radius 3 is 2.33 bits per heavy atom. The number of methoxy groups -OCH3 is 2. The van der Waals surface area contributed by atoms with Crippen molar-refractivity contribution >= 4 is 11.9 Å². The molecule has 21 heavy (non-hydrogen) atoms. The number of hydrogen-bond acceptors (Lipinski definition) is 5. The summed E-state index contributed by atoms with van der Waals surface area (Å²) in [5.74, 6) is 0.322. The maximum absolute atomic E-state index is 11.9. The Balaban J connectivity index is 2.58. The lowest BCUT2D eigenvalue weighted by Crippen LogP contribution is -2.32. The van der Waals surface area contributed by atoms with Gasteiger partial charge in [-0.2, -0.15) is 0 Å². The van der Waals surface area contributed by atoms with Gasteiger partial charge in [-0.15, -0.1) is 0 Å². The summed E-state index contributed by atoms with van der Waals surface area (Å²) in [5, 5.41) is 5.84. The fourth-order valence-corrected chi connectivity index (χ4v) is 1.85. The summed E-state index contributed by atoms with van der Waals surface area (Å²) in [5.41, 5.74) is 0.808. The van der Waals surface area contributed by atoms with Crippen LogP contribution >= 0.6 is 0 Å². The SMILES string of the molecule is COC(=O)C(NCCCNC(C)=O)c1ccc(OC)cc1. The monoisotopic (exact) mass is 294 g/mol. The summed E-state index contributed by atoms with van der Waals surface area (Å²) in [6.45, 7) is 2.63. The molecule has 0 aliphatic heterocycles. The zero-order valence-corrected chi connectivity index (χ0v) is 12.6. The number of amides is 1. The van der Waals surface area contributed by atoms with Crippen LogP contribution in [0.25, 0.3) is 0 Å². The van der Waals surface area contributed by atoms with Crippen LogP contribution in [-0.2, 0) is 14.3 Å². The van der Waals surface area contributed by atoms with Crippen LogP contribution < -0.4 is 15.4 Å². The number of hydrogen-bond donors (Lipinski definition) is 2. The molecule has 6 nitrogen and oxygen atoms in total. The summed E-state index contributed by atoms with van der Waals surface area (Å²) < 4.78 is 9.91. The average Bonchev–Trinajstić information content (AvgIpc) is 2.50. The summed E-state index contributed by atoms with van der Waals surface area (Å²) in [6.07, 6.45) is 0.725. The minimum absolute atomic E-state index is 0.0605. The molecular weight excluding hydrogens is 272 g/mol. The molecule has 6 heteroatoms. The van der Waals surface area contributed by atoms with Crippen LogP contribution in [0.15, 0.2) is 24.3 Å². The van der Waals surface area contributed by atoms with Gasteiger partial charge in [0, 0.05) is 13.5 Å². The third kappa shape index (κ3) is 5.83. The van der Waals surface area contributed by atoms with Crippen molar-refractivity contribution in [2.24, 2.45) is 0 Å². The Labute approximate surface area is 124 Å². The Kier molecular flexibility index (Phi) is 7.25. The van der Waals surface area contributed by atoms with Gasteiger partial charge in [0.15, 0.2) is 0 Å². The second-order valence-corrected chi connectivity index (χ2v) is 4.52. The van der Waals surface area contributed by atoms with Gasteiger partial charge < -0.3 is 20.1 Å². The molecule has 1 amide bonds. The largest absolute Gasteiger partial charge is 0.497 e. The molecule has 116 valence electrons. The molecule has 0 saturated carbocycles. The van der Waals surface area contributed by atoms with E-state index in [0.29, 0.717) is 13.1 Å². The van der Waals surface area contributed by atoms with E-state index in [9.17, 15) is 9.59 Å². The van der Waals surface area contributed by atoms with Gasteiger partial charge in [-0.1, -0.05) is 12.1 Å². The van der Waals surface area contributed by atoms with E-state index in [2.05, 4.69) is 10.6 Å². The fourth-order valence-electron chi connectivity index (χ4n) is 1.85.